The van der Waals surface area contributed by atoms with Crippen molar-refractivity contribution < 1.29 is 19.2 Å². The van der Waals surface area contributed by atoms with Gasteiger partial charge in [0.05, 0.1) is 11.5 Å². The number of ether oxygens (including phenoxy) is 2. The first-order valence-corrected chi connectivity index (χ1v) is 9.24. The lowest BCUT2D eigenvalue weighted by molar-refractivity contribution is -0.385. The Bertz CT molecular complexity index is 569. The van der Waals surface area contributed by atoms with Crippen LogP contribution in [-0.2, 0) is 9.53 Å². The number of hydrogen-bond acceptors (Lipinski definition) is 7. The molecule has 1 N–H and O–H groups in total. The number of benzene rings is 1. The van der Waals surface area contributed by atoms with E-state index in [9.17, 15) is 14.9 Å². The van der Waals surface area contributed by atoms with Crippen molar-refractivity contribution in [1.29, 1.82) is 0 Å². The summed E-state index contributed by atoms with van der Waals surface area (Å²) in [5, 5.41) is 14.2. The van der Waals surface area contributed by atoms with Crippen molar-refractivity contribution >= 4 is 12.2 Å². The largest absolute Gasteiger partial charge is 0.487 e. The molecule has 0 bridgehead atoms. The second kappa shape index (κ2) is 12.2. The van der Waals surface area contributed by atoms with Crippen molar-refractivity contribution in [3.8, 4) is 5.75 Å². The van der Waals surface area contributed by atoms with Gasteiger partial charge in [0.25, 0.3) is 6.47 Å². The summed E-state index contributed by atoms with van der Waals surface area (Å²) in [6.07, 6.45) is 1.97. The predicted molar refractivity (Wildman–Crippen MR) is 104 cm³/mol. The molecule has 1 saturated heterocycles. The number of nitrogens with zero attached hydrogens (tertiary/aromatic N) is 2. The summed E-state index contributed by atoms with van der Waals surface area (Å²) in [5.41, 5.74) is -0.281. The molecule has 1 fully saturated rings. The molecule has 0 atom stereocenters. The van der Waals surface area contributed by atoms with Crippen molar-refractivity contribution in [3.05, 3.63) is 34.4 Å². The lowest BCUT2D eigenvalue weighted by Crippen LogP contribution is -2.43. The van der Waals surface area contributed by atoms with E-state index in [2.05, 4.69) is 15.0 Å². The van der Waals surface area contributed by atoms with Gasteiger partial charge in [-0.05, 0) is 46.2 Å². The number of nitro groups is 1. The number of unbranched alkanes of at least 4 members (excludes halogenated alkanes) is 1. The molecule has 152 valence electrons. The topological polar surface area (TPSA) is 93.9 Å². The van der Waals surface area contributed by atoms with E-state index in [1.807, 2.05) is 20.8 Å². The maximum absolute atomic E-state index is 10.8. The van der Waals surface area contributed by atoms with Gasteiger partial charge >= 0.3 is 5.69 Å². The summed E-state index contributed by atoms with van der Waals surface area (Å²) >= 11 is 0. The van der Waals surface area contributed by atoms with Gasteiger partial charge in [-0.15, -0.1) is 0 Å². The second-order valence-corrected chi connectivity index (χ2v) is 7.20. The Kier molecular flexibility index (Phi) is 10.4. The van der Waals surface area contributed by atoms with Gasteiger partial charge in [0, 0.05) is 32.2 Å². The highest BCUT2D eigenvalue weighted by atomic mass is 16.6. The van der Waals surface area contributed by atoms with Crippen molar-refractivity contribution in [2.45, 2.75) is 39.2 Å². The summed E-state index contributed by atoms with van der Waals surface area (Å²) in [4.78, 5) is 22.5. The zero-order valence-corrected chi connectivity index (χ0v) is 16.5. The van der Waals surface area contributed by atoms with E-state index in [0.717, 1.165) is 45.6 Å². The molecule has 27 heavy (non-hydrogen) atoms. The smallest absolute Gasteiger partial charge is 0.310 e. The highest BCUT2D eigenvalue weighted by Gasteiger charge is 2.13. The molecule has 2 rings (SSSR count). The predicted octanol–water partition coefficient (Wildman–Crippen LogP) is 2.62. The summed E-state index contributed by atoms with van der Waals surface area (Å²) < 4.78 is 10.1. The van der Waals surface area contributed by atoms with Crippen LogP contribution in [0, 0.1) is 10.1 Å². The minimum absolute atomic E-state index is 0.0367. The molecule has 1 aliphatic heterocycles. The molecule has 0 aromatic heterocycles. The Balaban J connectivity index is 0.000000445. The lowest BCUT2D eigenvalue weighted by atomic mass is 10.2. The van der Waals surface area contributed by atoms with E-state index in [1.165, 1.54) is 6.07 Å². The van der Waals surface area contributed by atoms with E-state index in [0.29, 0.717) is 18.8 Å². The fraction of sp³-hybridized carbons (Fsp3) is 0.632. The average Bonchev–Trinajstić information content (AvgIpc) is 2.62. The number of para-hydroxylation sites is 2. The number of piperazine rings is 1. The number of nitrogens with one attached hydrogen (secondary N) is 1. The third-order valence-electron chi connectivity index (χ3n) is 3.80. The minimum Gasteiger partial charge on any atom is -0.487 e. The quantitative estimate of drug-likeness (QED) is 0.320. The molecule has 0 spiro atoms. The van der Waals surface area contributed by atoms with Crippen LogP contribution in [0.15, 0.2) is 24.3 Å². The summed E-state index contributed by atoms with van der Waals surface area (Å²) in [6, 6.07) is 6.52. The molecule has 1 aromatic carbocycles. The standard InChI is InChI=1S/C14H21N3O3.C5H10O2/c18-17(19)13-5-1-2-6-14(13)20-12-4-3-9-16-10-7-15-8-11-16;1-5(2,3)7-4-6/h1-2,5-6,15H,3-4,7-12H2;4H,1-3H3. The van der Waals surface area contributed by atoms with Gasteiger partial charge in [0.15, 0.2) is 5.75 Å². The molecule has 8 nitrogen and oxygen atoms in total. The molecule has 8 heteroatoms. The zero-order valence-electron chi connectivity index (χ0n) is 16.5. The SMILES string of the molecule is CC(C)(C)OC=O.O=[N+]([O-])c1ccccc1OCCCCN1CCNCC1. The van der Waals surface area contributed by atoms with Crippen LogP contribution in [0.1, 0.15) is 33.6 Å². The molecule has 0 unspecified atom stereocenters. The first-order valence-electron chi connectivity index (χ1n) is 9.24. The van der Waals surface area contributed by atoms with Crippen molar-refractivity contribution in [2.24, 2.45) is 0 Å². The van der Waals surface area contributed by atoms with Gasteiger partial charge in [-0.2, -0.15) is 0 Å². The van der Waals surface area contributed by atoms with Gasteiger partial charge in [-0.25, -0.2) is 0 Å². The molecular formula is C19H31N3O5. The Hall–Kier alpha value is -2.19. The minimum atomic E-state index is -0.407. The van der Waals surface area contributed by atoms with Crippen LogP contribution in [0.5, 0.6) is 5.75 Å². The first kappa shape index (κ1) is 22.9. The Morgan fingerprint density at radius 1 is 1.22 bits per heavy atom. The Labute approximate surface area is 161 Å². The third-order valence-corrected chi connectivity index (χ3v) is 3.80. The van der Waals surface area contributed by atoms with Crippen LogP contribution in [0.25, 0.3) is 0 Å². The van der Waals surface area contributed by atoms with Gasteiger partial charge < -0.3 is 19.7 Å². The number of nitro benzene ring substituents is 1. The number of rotatable bonds is 8. The molecular weight excluding hydrogens is 350 g/mol. The van der Waals surface area contributed by atoms with E-state index >= 15 is 0 Å². The van der Waals surface area contributed by atoms with Crippen LogP contribution in [0.4, 0.5) is 5.69 Å². The lowest BCUT2D eigenvalue weighted by Gasteiger charge is -2.26. The van der Waals surface area contributed by atoms with Gasteiger partial charge in [-0.3, -0.25) is 14.9 Å². The molecule has 1 heterocycles. The molecule has 0 radical (unpaired) electrons. The molecule has 1 aromatic rings. The highest BCUT2D eigenvalue weighted by Crippen LogP contribution is 2.25. The van der Waals surface area contributed by atoms with Gasteiger partial charge in [0.1, 0.15) is 5.60 Å². The van der Waals surface area contributed by atoms with Crippen molar-refractivity contribution in [2.75, 3.05) is 39.3 Å². The van der Waals surface area contributed by atoms with Crippen molar-refractivity contribution in [3.63, 3.8) is 0 Å². The summed E-state index contributed by atoms with van der Waals surface area (Å²) in [7, 11) is 0. The zero-order chi connectivity index (χ0) is 20.1. The van der Waals surface area contributed by atoms with Crippen LogP contribution in [-0.4, -0.2) is 61.2 Å². The number of carbonyl (C=O) groups excluding carboxylic acids is 1. The third kappa shape index (κ3) is 10.5. The number of hydrogen-bond donors (Lipinski definition) is 1. The monoisotopic (exact) mass is 381 g/mol. The molecule has 0 saturated carbocycles. The maximum atomic E-state index is 10.8. The van der Waals surface area contributed by atoms with Crippen LogP contribution in [0.2, 0.25) is 0 Å². The van der Waals surface area contributed by atoms with Crippen molar-refractivity contribution in [1.82, 2.24) is 10.2 Å². The maximum Gasteiger partial charge on any atom is 0.310 e. The average molecular weight is 381 g/mol. The Morgan fingerprint density at radius 2 is 1.89 bits per heavy atom. The highest BCUT2D eigenvalue weighted by molar-refractivity contribution is 5.45. The van der Waals surface area contributed by atoms with Crippen LogP contribution >= 0.6 is 0 Å². The Morgan fingerprint density at radius 3 is 2.44 bits per heavy atom. The van der Waals surface area contributed by atoms with E-state index in [1.54, 1.807) is 18.2 Å². The van der Waals surface area contributed by atoms with Gasteiger partial charge in [0.2, 0.25) is 0 Å². The fourth-order valence-electron chi connectivity index (χ4n) is 2.43. The fourth-order valence-corrected chi connectivity index (χ4v) is 2.43. The van der Waals surface area contributed by atoms with E-state index in [-0.39, 0.29) is 11.3 Å². The molecule has 1 aliphatic rings. The first-order chi connectivity index (χ1) is 12.8. The van der Waals surface area contributed by atoms with E-state index < -0.39 is 4.92 Å². The normalized spacial score (nSPS) is 14.6. The van der Waals surface area contributed by atoms with Crippen LogP contribution < -0.4 is 10.1 Å². The van der Waals surface area contributed by atoms with Crippen LogP contribution in [0.3, 0.4) is 0 Å². The summed E-state index contributed by atoms with van der Waals surface area (Å²) in [6.45, 7) is 11.8. The van der Waals surface area contributed by atoms with Gasteiger partial charge in [-0.1, -0.05) is 12.1 Å². The molecule has 0 amide bonds. The van der Waals surface area contributed by atoms with E-state index in [4.69, 9.17) is 4.74 Å². The molecule has 0 aliphatic carbocycles. The second-order valence-electron chi connectivity index (χ2n) is 7.20. The summed E-state index contributed by atoms with van der Waals surface area (Å²) in [5.74, 6) is 0.361. The number of carbonyl (C=O) groups is 1.